The first-order valence-electron chi connectivity index (χ1n) is 17.0. The molecule has 0 aromatic carbocycles. The van der Waals surface area contributed by atoms with Crippen LogP contribution in [-0.4, -0.2) is 30.5 Å². The Labute approximate surface area is 241 Å². The topological polar surface area (TPSA) is 58.6 Å². The number of aliphatic hydroxyl groups is 1. The number of carbonyl (C=O) groups excluding carboxylic acids is 1. The zero-order valence-electron chi connectivity index (χ0n) is 26.3. The molecular formula is C35H63NO3. The van der Waals surface area contributed by atoms with Gasteiger partial charge in [0.05, 0.1) is 0 Å². The average molecular weight is 546 g/mol. The Morgan fingerprint density at radius 1 is 1.08 bits per heavy atom. The lowest BCUT2D eigenvalue weighted by atomic mass is 9.51. The fraction of sp³-hybridized carbons (Fsp3) is 0.914. The van der Waals surface area contributed by atoms with Crippen molar-refractivity contribution in [3.05, 3.63) is 11.6 Å². The monoisotopic (exact) mass is 545 g/mol. The molecule has 3 aliphatic carbocycles. The zero-order valence-corrected chi connectivity index (χ0v) is 26.3. The van der Waals surface area contributed by atoms with Crippen molar-refractivity contribution in [2.75, 3.05) is 13.2 Å². The van der Waals surface area contributed by atoms with Crippen LogP contribution in [0.5, 0.6) is 0 Å². The maximum atomic E-state index is 12.4. The van der Waals surface area contributed by atoms with Gasteiger partial charge in [0.25, 0.3) is 0 Å². The number of hydrogen-bond acceptors (Lipinski definition) is 3. The Balaban J connectivity index is 1.49. The summed E-state index contributed by atoms with van der Waals surface area (Å²) in [6.45, 7) is 13.1. The van der Waals surface area contributed by atoms with Crippen LogP contribution in [0.15, 0.2) is 11.6 Å². The first-order valence-corrected chi connectivity index (χ1v) is 17.0. The van der Waals surface area contributed by atoms with Gasteiger partial charge in [-0.1, -0.05) is 97.6 Å². The van der Waals surface area contributed by atoms with E-state index < -0.39 is 0 Å². The third-order valence-corrected chi connectivity index (χ3v) is 11.1. The van der Waals surface area contributed by atoms with Crippen LogP contribution in [0.2, 0.25) is 0 Å². The van der Waals surface area contributed by atoms with Crippen LogP contribution < -0.4 is 5.32 Å². The molecule has 0 saturated heterocycles. The highest BCUT2D eigenvalue weighted by Crippen LogP contribution is 2.58. The molecule has 39 heavy (non-hydrogen) atoms. The molecule has 3 rings (SSSR count). The third kappa shape index (κ3) is 9.50. The van der Waals surface area contributed by atoms with Crippen LogP contribution in [0.1, 0.15) is 144 Å². The van der Waals surface area contributed by atoms with Gasteiger partial charge < -0.3 is 15.2 Å². The van der Waals surface area contributed by atoms with E-state index in [0.717, 1.165) is 80.5 Å². The van der Waals surface area contributed by atoms with Crippen LogP contribution in [0.3, 0.4) is 0 Å². The standard InChI is InChI=1S/C35H63NO3/c1-6-28(27(4)14-11-13-26(2)3)17-18-29-15-12-16-33-32(29)20-19-30-25-31(21-22-35(30,33)5)39-34(38)36-23-9-7-8-10-24-37/h19,26-29,31-33,37H,6-18,20-25H2,1-5H3,(H,36,38)/t27-,28-,29?,31+,32?,33?,35+/m1/s1. The van der Waals surface area contributed by atoms with Gasteiger partial charge in [0, 0.05) is 19.6 Å². The van der Waals surface area contributed by atoms with Crippen molar-refractivity contribution >= 4 is 6.09 Å². The predicted octanol–water partition coefficient (Wildman–Crippen LogP) is 9.46. The van der Waals surface area contributed by atoms with E-state index in [1.165, 1.54) is 64.2 Å². The van der Waals surface area contributed by atoms with Gasteiger partial charge in [-0.05, 0) is 92.3 Å². The van der Waals surface area contributed by atoms with E-state index in [0.29, 0.717) is 12.0 Å². The van der Waals surface area contributed by atoms with E-state index in [2.05, 4.69) is 46.0 Å². The number of hydrogen-bond donors (Lipinski definition) is 2. The van der Waals surface area contributed by atoms with Crippen molar-refractivity contribution < 1.29 is 14.6 Å². The molecule has 4 heteroatoms. The van der Waals surface area contributed by atoms with E-state index in [4.69, 9.17) is 9.84 Å². The summed E-state index contributed by atoms with van der Waals surface area (Å²) in [5.74, 6) is 5.15. The van der Waals surface area contributed by atoms with Crippen LogP contribution in [0.25, 0.3) is 0 Å². The van der Waals surface area contributed by atoms with Gasteiger partial charge in [-0.2, -0.15) is 0 Å². The van der Waals surface area contributed by atoms with Gasteiger partial charge in [-0.25, -0.2) is 4.79 Å². The van der Waals surface area contributed by atoms with E-state index in [9.17, 15) is 4.79 Å². The molecule has 1 amide bonds. The molecule has 0 aromatic heterocycles. The van der Waals surface area contributed by atoms with E-state index in [-0.39, 0.29) is 18.8 Å². The molecule has 0 heterocycles. The SMILES string of the molecule is CC[C@H](CCC1CCCC2C1CC=C1C[C@@H](OC(=O)NCCCCCCO)CC[C@@]12C)[C@H](C)CCCC(C)C. The molecule has 0 radical (unpaired) electrons. The zero-order chi connectivity index (χ0) is 28.3. The second-order valence-electron chi connectivity index (χ2n) is 14.2. The number of carbonyl (C=O) groups is 1. The second kappa shape index (κ2) is 16.4. The predicted molar refractivity (Wildman–Crippen MR) is 164 cm³/mol. The molecule has 0 bridgehead atoms. The largest absolute Gasteiger partial charge is 0.446 e. The van der Waals surface area contributed by atoms with Crippen molar-refractivity contribution in [1.29, 1.82) is 0 Å². The fourth-order valence-electron chi connectivity index (χ4n) is 8.56. The first kappa shape index (κ1) is 32.5. The number of fused-ring (bicyclic) bond motifs is 3. The number of allylic oxidation sites excluding steroid dienone is 1. The summed E-state index contributed by atoms with van der Waals surface area (Å²) in [4.78, 5) is 12.4. The summed E-state index contributed by atoms with van der Waals surface area (Å²) in [6, 6.07) is 0. The Bertz CT molecular complexity index is 748. The number of ether oxygens (including phenoxy) is 1. The molecule has 4 nitrogen and oxygen atoms in total. The van der Waals surface area contributed by atoms with Gasteiger partial charge in [-0.15, -0.1) is 0 Å². The maximum absolute atomic E-state index is 12.4. The minimum Gasteiger partial charge on any atom is -0.446 e. The Morgan fingerprint density at radius 3 is 2.62 bits per heavy atom. The Morgan fingerprint density at radius 2 is 1.87 bits per heavy atom. The molecule has 226 valence electrons. The molecular weight excluding hydrogens is 482 g/mol. The van der Waals surface area contributed by atoms with Gasteiger partial charge in [0.2, 0.25) is 0 Å². The highest BCUT2D eigenvalue weighted by molar-refractivity contribution is 5.67. The molecule has 3 aliphatic rings. The minimum absolute atomic E-state index is 0.0251. The number of unbranched alkanes of at least 4 members (excludes halogenated alkanes) is 3. The van der Waals surface area contributed by atoms with E-state index >= 15 is 0 Å². The number of nitrogens with one attached hydrogen (secondary N) is 1. The summed E-state index contributed by atoms with van der Waals surface area (Å²) < 4.78 is 5.88. The number of rotatable bonds is 16. The van der Waals surface area contributed by atoms with Crippen molar-refractivity contribution in [2.24, 2.45) is 40.9 Å². The Hall–Kier alpha value is -1.03. The van der Waals surface area contributed by atoms with Gasteiger partial charge in [-0.3, -0.25) is 0 Å². The number of amides is 1. The lowest BCUT2D eigenvalue weighted by Gasteiger charge is -2.54. The van der Waals surface area contributed by atoms with Crippen molar-refractivity contribution in [3.8, 4) is 0 Å². The highest BCUT2D eigenvalue weighted by atomic mass is 16.6. The Kier molecular flexibility index (Phi) is 13.7. The third-order valence-electron chi connectivity index (χ3n) is 11.1. The van der Waals surface area contributed by atoms with Crippen LogP contribution in [-0.2, 0) is 4.74 Å². The maximum Gasteiger partial charge on any atom is 0.407 e. The molecule has 3 unspecified atom stereocenters. The summed E-state index contributed by atoms with van der Waals surface area (Å²) in [5, 5.41) is 11.8. The lowest BCUT2D eigenvalue weighted by molar-refractivity contribution is -0.000904. The van der Waals surface area contributed by atoms with E-state index in [1.54, 1.807) is 5.57 Å². The van der Waals surface area contributed by atoms with Crippen LogP contribution in [0.4, 0.5) is 4.79 Å². The molecule has 7 atom stereocenters. The lowest BCUT2D eigenvalue weighted by Crippen LogP contribution is -2.46. The summed E-state index contributed by atoms with van der Waals surface area (Å²) >= 11 is 0. The summed E-state index contributed by atoms with van der Waals surface area (Å²) in [5.41, 5.74) is 1.89. The average Bonchev–Trinajstić information content (AvgIpc) is 2.91. The number of aliphatic hydroxyl groups excluding tert-OH is 1. The van der Waals surface area contributed by atoms with Gasteiger partial charge >= 0.3 is 6.09 Å². The minimum atomic E-state index is -0.248. The quantitative estimate of drug-likeness (QED) is 0.150. The summed E-state index contributed by atoms with van der Waals surface area (Å²) in [7, 11) is 0. The van der Waals surface area contributed by atoms with Gasteiger partial charge in [0.15, 0.2) is 0 Å². The molecule has 2 N–H and O–H groups in total. The highest BCUT2D eigenvalue weighted by Gasteiger charge is 2.50. The summed E-state index contributed by atoms with van der Waals surface area (Å²) in [6.07, 6.45) is 23.1. The van der Waals surface area contributed by atoms with E-state index in [1.807, 2.05) is 0 Å². The van der Waals surface area contributed by atoms with Crippen LogP contribution in [0, 0.1) is 40.9 Å². The van der Waals surface area contributed by atoms with Crippen LogP contribution >= 0.6 is 0 Å². The first-order chi connectivity index (χ1) is 18.8. The molecule has 0 spiro atoms. The smallest absolute Gasteiger partial charge is 0.407 e. The van der Waals surface area contributed by atoms with Crippen molar-refractivity contribution in [1.82, 2.24) is 5.32 Å². The molecule has 0 aromatic rings. The normalized spacial score (nSPS) is 30.2. The molecule has 0 aliphatic heterocycles. The van der Waals surface area contributed by atoms with Gasteiger partial charge in [0.1, 0.15) is 6.10 Å². The number of alkyl carbamates (subject to hydrolysis) is 1. The fourth-order valence-corrected chi connectivity index (χ4v) is 8.56. The van der Waals surface area contributed by atoms with Crippen molar-refractivity contribution in [3.63, 3.8) is 0 Å². The van der Waals surface area contributed by atoms with Crippen molar-refractivity contribution in [2.45, 2.75) is 150 Å². The molecule has 2 fully saturated rings. The second-order valence-corrected chi connectivity index (χ2v) is 14.2. The molecule has 2 saturated carbocycles.